The highest BCUT2D eigenvalue weighted by Gasteiger charge is 2.31. The molecule has 2 N–H and O–H groups in total. The van der Waals surface area contributed by atoms with Crippen LogP contribution in [0.15, 0.2) is 47.3 Å². The highest BCUT2D eigenvalue weighted by atomic mass is 19.3. The van der Waals surface area contributed by atoms with Gasteiger partial charge in [0.2, 0.25) is 5.82 Å². The zero-order valence-electron chi connectivity index (χ0n) is 17.1. The van der Waals surface area contributed by atoms with Crippen molar-refractivity contribution in [3.63, 3.8) is 0 Å². The molecular formula is C22H17F3N6O2. The summed E-state index contributed by atoms with van der Waals surface area (Å²) in [7, 11) is 0. The van der Waals surface area contributed by atoms with E-state index in [1.165, 1.54) is 16.7 Å². The van der Waals surface area contributed by atoms with E-state index in [2.05, 4.69) is 25.7 Å². The summed E-state index contributed by atoms with van der Waals surface area (Å²) >= 11 is 0. The number of Topliss-reactive ketones (excluding diaryl/α,β-unsaturated/α-hetero) is 1. The lowest BCUT2D eigenvalue weighted by Crippen LogP contribution is -2.45. The molecule has 2 aromatic heterocycles. The molecule has 1 aliphatic heterocycles. The molecule has 0 fully saturated rings. The summed E-state index contributed by atoms with van der Waals surface area (Å²) in [6.07, 6.45) is -2.51. The van der Waals surface area contributed by atoms with Gasteiger partial charge in [0.1, 0.15) is 11.6 Å². The lowest BCUT2D eigenvalue weighted by molar-refractivity contribution is 0.0918. The van der Waals surface area contributed by atoms with E-state index in [0.29, 0.717) is 22.0 Å². The van der Waals surface area contributed by atoms with Gasteiger partial charge in [-0.25, -0.2) is 18.3 Å². The van der Waals surface area contributed by atoms with Gasteiger partial charge in [-0.05, 0) is 23.8 Å². The fraction of sp³-hybridized carbons (Fsp3) is 0.227. The van der Waals surface area contributed by atoms with Crippen LogP contribution in [0, 0.1) is 5.82 Å². The van der Waals surface area contributed by atoms with Gasteiger partial charge < -0.3 is 0 Å². The number of carbonyl (C=O) groups excluding carboxylic acids is 1. The van der Waals surface area contributed by atoms with Crippen molar-refractivity contribution in [3.05, 3.63) is 87.1 Å². The maximum atomic E-state index is 14.6. The van der Waals surface area contributed by atoms with E-state index in [4.69, 9.17) is 0 Å². The zero-order valence-corrected chi connectivity index (χ0v) is 17.1. The lowest BCUT2D eigenvalue weighted by Gasteiger charge is -2.24. The van der Waals surface area contributed by atoms with Gasteiger partial charge in [-0.15, -0.1) is 10.2 Å². The number of halogens is 3. The van der Waals surface area contributed by atoms with Crippen LogP contribution < -0.4 is 10.9 Å². The molecule has 0 spiro atoms. The van der Waals surface area contributed by atoms with Gasteiger partial charge in [-0.2, -0.15) is 5.10 Å². The standard InChI is InChI=1S/C22H17F3N6O2/c23-15-6-5-11(8-16-12-3-1-2-4-13(12)22(33)30-27-16)7-14(15)19(32)17-9-18-28-29-21(20(24)25)31(18)10-26-17/h1-7,17,20,26H,8-10H2,(H,30,33). The Labute approximate surface area is 184 Å². The molecule has 0 amide bonds. The number of fused-ring (bicyclic) bond motifs is 2. The molecule has 168 valence electrons. The first-order valence-electron chi connectivity index (χ1n) is 10.1. The number of nitrogens with one attached hydrogen (secondary N) is 2. The summed E-state index contributed by atoms with van der Waals surface area (Å²) in [5, 5.41) is 17.8. The van der Waals surface area contributed by atoms with Crippen molar-refractivity contribution in [1.82, 2.24) is 30.3 Å². The minimum Gasteiger partial charge on any atom is -0.297 e. The molecule has 3 heterocycles. The number of nitrogens with zero attached hydrogens (tertiary/aromatic N) is 4. The number of rotatable bonds is 5. The normalized spacial score (nSPS) is 15.7. The Hall–Kier alpha value is -3.86. The second-order valence-corrected chi connectivity index (χ2v) is 7.72. The van der Waals surface area contributed by atoms with Gasteiger partial charge in [0.05, 0.1) is 29.4 Å². The number of benzene rings is 2. The number of H-pyrrole nitrogens is 1. The third kappa shape index (κ3) is 3.80. The van der Waals surface area contributed by atoms with Gasteiger partial charge in [-0.3, -0.25) is 19.5 Å². The molecule has 5 rings (SSSR count). The molecule has 0 radical (unpaired) electrons. The van der Waals surface area contributed by atoms with Crippen LogP contribution in [0.2, 0.25) is 0 Å². The predicted molar refractivity (Wildman–Crippen MR) is 112 cm³/mol. The van der Waals surface area contributed by atoms with E-state index in [9.17, 15) is 22.8 Å². The van der Waals surface area contributed by atoms with Gasteiger partial charge in [0.25, 0.3) is 12.0 Å². The van der Waals surface area contributed by atoms with Crippen LogP contribution in [0.3, 0.4) is 0 Å². The van der Waals surface area contributed by atoms with Crippen molar-refractivity contribution in [2.75, 3.05) is 0 Å². The van der Waals surface area contributed by atoms with Crippen LogP contribution in [0.25, 0.3) is 10.8 Å². The lowest BCUT2D eigenvalue weighted by atomic mass is 9.96. The molecule has 0 saturated heterocycles. The summed E-state index contributed by atoms with van der Waals surface area (Å²) in [5.74, 6) is -1.44. The van der Waals surface area contributed by atoms with Gasteiger partial charge in [0.15, 0.2) is 5.78 Å². The van der Waals surface area contributed by atoms with Crippen molar-refractivity contribution < 1.29 is 18.0 Å². The number of hydrogen-bond donors (Lipinski definition) is 2. The fourth-order valence-electron chi connectivity index (χ4n) is 4.03. The average molecular weight is 454 g/mol. The Bertz CT molecular complexity index is 1430. The average Bonchev–Trinajstić information content (AvgIpc) is 3.25. The van der Waals surface area contributed by atoms with Crippen molar-refractivity contribution in [2.45, 2.75) is 32.0 Å². The second-order valence-electron chi connectivity index (χ2n) is 7.72. The molecule has 11 heteroatoms. The highest BCUT2D eigenvalue weighted by Crippen LogP contribution is 2.23. The van der Waals surface area contributed by atoms with E-state index in [1.807, 2.05) is 0 Å². The third-order valence-corrected chi connectivity index (χ3v) is 5.69. The van der Waals surface area contributed by atoms with Gasteiger partial charge >= 0.3 is 0 Å². The number of ketones is 1. The number of aromatic nitrogens is 5. The van der Waals surface area contributed by atoms with Crippen molar-refractivity contribution in [3.8, 4) is 0 Å². The van der Waals surface area contributed by atoms with Crippen molar-refractivity contribution in [2.24, 2.45) is 0 Å². The largest absolute Gasteiger partial charge is 0.297 e. The third-order valence-electron chi connectivity index (χ3n) is 5.69. The monoisotopic (exact) mass is 454 g/mol. The molecule has 4 aromatic rings. The van der Waals surface area contributed by atoms with Crippen molar-refractivity contribution in [1.29, 1.82) is 0 Å². The van der Waals surface area contributed by atoms with Crippen LogP contribution in [0.5, 0.6) is 0 Å². The number of alkyl halides is 2. The second kappa shape index (κ2) is 8.24. The summed E-state index contributed by atoms with van der Waals surface area (Å²) < 4.78 is 41.8. The van der Waals surface area contributed by atoms with E-state index in [-0.39, 0.29) is 36.5 Å². The number of aromatic amines is 1. The molecule has 0 aliphatic carbocycles. The van der Waals surface area contributed by atoms with E-state index < -0.39 is 29.9 Å². The summed E-state index contributed by atoms with van der Waals surface area (Å²) in [5.41, 5.74) is 0.776. The topological polar surface area (TPSA) is 106 Å². The van der Waals surface area contributed by atoms with E-state index >= 15 is 0 Å². The Balaban J connectivity index is 1.42. The molecule has 1 atom stereocenters. The molecule has 8 nitrogen and oxygen atoms in total. The summed E-state index contributed by atoms with van der Waals surface area (Å²) in [6, 6.07) is 10.4. The zero-order chi connectivity index (χ0) is 23.1. The first-order valence-corrected chi connectivity index (χ1v) is 10.1. The molecular weight excluding hydrogens is 437 g/mol. The van der Waals surface area contributed by atoms with E-state index in [0.717, 1.165) is 0 Å². The van der Waals surface area contributed by atoms with Gasteiger partial charge in [-0.1, -0.05) is 24.3 Å². The van der Waals surface area contributed by atoms with Crippen LogP contribution in [-0.4, -0.2) is 36.8 Å². The SMILES string of the molecule is O=C(c1cc(Cc2n[nH]c(=O)c3ccccc23)ccc1F)C1Cc2nnc(C(F)F)n2CN1. The molecule has 0 bridgehead atoms. The minimum absolute atomic E-state index is 0.00827. The van der Waals surface area contributed by atoms with Crippen LogP contribution in [0.1, 0.15) is 39.7 Å². The van der Waals surface area contributed by atoms with E-state index in [1.54, 1.807) is 30.3 Å². The van der Waals surface area contributed by atoms with Gasteiger partial charge in [0, 0.05) is 18.2 Å². The molecule has 1 aliphatic rings. The minimum atomic E-state index is -2.79. The number of carbonyl (C=O) groups is 1. The Morgan fingerprint density at radius 3 is 2.73 bits per heavy atom. The molecule has 2 aromatic carbocycles. The Morgan fingerprint density at radius 1 is 1.15 bits per heavy atom. The molecule has 0 saturated carbocycles. The maximum Gasteiger partial charge on any atom is 0.297 e. The molecule has 1 unspecified atom stereocenters. The number of hydrogen-bond acceptors (Lipinski definition) is 6. The van der Waals surface area contributed by atoms with Crippen LogP contribution >= 0.6 is 0 Å². The smallest absolute Gasteiger partial charge is 0.297 e. The Morgan fingerprint density at radius 2 is 1.94 bits per heavy atom. The summed E-state index contributed by atoms with van der Waals surface area (Å²) in [6.45, 7) is -0.0764. The summed E-state index contributed by atoms with van der Waals surface area (Å²) in [4.78, 5) is 25.1. The van der Waals surface area contributed by atoms with Crippen LogP contribution in [-0.2, 0) is 19.5 Å². The highest BCUT2D eigenvalue weighted by molar-refractivity contribution is 6.00. The first-order chi connectivity index (χ1) is 15.9. The maximum absolute atomic E-state index is 14.6. The first kappa shape index (κ1) is 21.0. The Kier molecular flexibility index (Phi) is 5.25. The predicted octanol–water partition coefficient (Wildman–Crippen LogP) is 2.54. The fourth-order valence-corrected chi connectivity index (χ4v) is 4.03. The quantitative estimate of drug-likeness (QED) is 0.449. The molecule has 33 heavy (non-hydrogen) atoms. The van der Waals surface area contributed by atoms with Crippen molar-refractivity contribution >= 4 is 16.6 Å². The van der Waals surface area contributed by atoms with Crippen LogP contribution in [0.4, 0.5) is 13.2 Å².